The van der Waals surface area contributed by atoms with Crippen LogP contribution in [0.5, 0.6) is 0 Å². The minimum absolute atomic E-state index is 0.0704. The van der Waals surface area contributed by atoms with Crippen molar-refractivity contribution in [1.82, 2.24) is 19.9 Å². The molecule has 19 heavy (non-hydrogen) atoms. The monoisotopic (exact) mass is 281 g/mol. The highest BCUT2D eigenvalue weighted by Gasteiger charge is 2.48. The zero-order valence-corrected chi connectivity index (χ0v) is 11.7. The molecule has 1 aliphatic rings. The molecular formula is C12H16ClN5O. The van der Waals surface area contributed by atoms with Crippen molar-refractivity contribution in [2.75, 3.05) is 6.54 Å². The van der Waals surface area contributed by atoms with E-state index in [1.54, 1.807) is 4.68 Å². The molecule has 1 saturated carbocycles. The molecule has 0 aliphatic heterocycles. The summed E-state index contributed by atoms with van der Waals surface area (Å²) in [5.74, 6) is 1.29. The first kappa shape index (κ1) is 12.6. The molecule has 0 atom stereocenters. The third kappa shape index (κ3) is 2.04. The molecule has 0 radical (unpaired) electrons. The van der Waals surface area contributed by atoms with Gasteiger partial charge in [0, 0.05) is 25.6 Å². The third-order valence-corrected chi connectivity index (χ3v) is 4.24. The lowest BCUT2D eigenvalue weighted by molar-refractivity contribution is 0.344. The van der Waals surface area contributed by atoms with Gasteiger partial charge in [-0.1, -0.05) is 16.8 Å². The van der Waals surface area contributed by atoms with Crippen molar-refractivity contribution in [2.24, 2.45) is 12.8 Å². The van der Waals surface area contributed by atoms with E-state index in [1.807, 2.05) is 14.0 Å². The number of aromatic nitrogens is 4. The van der Waals surface area contributed by atoms with E-state index < -0.39 is 0 Å². The Labute approximate surface area is 115 Å². The van der Waals surface area contributed by atoms with E-state index in [9.17, 15) is 0 Å². The van der Waals surface area contributed by atoms with E-state index in [2.05, 4.69) is 15.2 Å². The second kappa shape index (κ2) is 4.31. The van der Waals surface area contributed by atoms with Gasteiger partial charge in [-0.15, -0.1) is 0 Å². The fourth-order valence-electron chi connectivity index (χ4n) is 2.23. The Morgan fingerprint density at radius 1 is 1.47 bits per heavy atom. The second-order valence-electron chi connectivity index (χ2n) is 5.16. The maximum Gasteiger partial charge on any atom is 0.234 e. The molecule has 2 aromatic heterocycles. The number of nitrogens with two attached hydrogens (primary N) is 1. The largest absolute Gasteiger partial charge is 0.339 e. The lowest BCUT2D eigenvalue weighted by Gasteiger charge is -2.03. The summed E-state index contributed by atoms with van der Waals surface area (Å²) in [6, 6.07) is 0. The summed E-state index contributed by atoms with van der Waals surface area (Å²) in [6.45, 7) is 2.48. The van der Waals surface area contributed by atoms with Gasteiger partial charge >= 0.3 is 0 Å². The highest BCUT2D eigenvalue weighted by atomic mass is 35.5. The van der Waals surface area contributed by atoms with Crippen LogP contribution in [0.25, 0.3) is 0 Å². The molecule has 0 spiro atoms. The van der Waals surface area contributed by atoms with Crippen LogP contribution in [0.2, 0.25) is 5.15 Å². The Balaban J connectivity index is 1.84. The van der Waals surface area contributed by atoms with E-state index in [4.69, 9.17) is 21.9 Å². The van der Waals surface area contributed by atoms with Gasteiger partial charge in [-0.25, -0.2) is 0 Å². The van der Waals surface area contributed by atoms with Crippen LogP contribution in [0, 0.1) is 6.92 Å². The Kier molecular flexibility index (Phi) is 2.87. The van der Waals surface area contributed by atoms with Crippen molar-refractivity contribution in [1.29, 1.82) is 0 Å². The normalized spacial score (nSPS) is 16.8. The van der Waals surface area contributed by atoms with Crippen LogP contribution in [0.4, 0.5) is 0 Å². The number of rotatable bonds is 4. The predicted molar refractivity (Wildman–Crippen MR) is 70.0 cm³/mol. The van der Waals surface area contributed by atoms with E-state index in [-0.39, 0.29) is 5.41 Å². The first-order valence-electron chi connectivity index (χ1n) is 6.27. The second-order valence-corrected chi connectivity index (χ2v) is 5.51. The standard InChI is InChI=1S/C12H16ClN5O/c1-7-8(10(13)18(2)16-7)5-9-15-11(19-17-9)12(6-14)3-4-12/h3-6,14H2,1-2H3. The quantitative estimate of drug-likeness (QED) is 0.914. The van der Waals surface area contributed by atoms with Crippen molar-refractivity contribution < 1.29 is 4.52 Å². The SMILES string of the molecule is Cc1nn(C)c(Cl)c1Cc1noc(C2(CN)CC2)n1. The molecule has 1 fully saturated rings. The van der Waals surface area contributed by atoms with E-state index in [0.29, 0.717) is 29.8 Å². The smallest absolute Gasteiger partial charge is 0.234 e. The predicted octanol–water partition coefficient (Wildman–Crippen LogP) is 1.35. The highest BCUT2D eigenvalue weighted by molar-refractivity contribution is 6.30. The van der Waals surface area contributed by atoms with E-state index in [0.717, 1.165) is 24.1 Å². The number of hydrogen-bond donors (Lipinski definition) is 1. The van der Waals surface area contributed by atoms with Crippen molar-refractivity contribution in [2.45, 2.75) is 31.6 Å². The van der Waals surface area contributed by atoms with Crippen LogP contribution in [-0.4, -0.2) is 26.5 Å². The Bertz CT molecular complexity index is 614. The molecule has 6 nitrogen and oxygen atoms in total. The van der Waals surface area contributed by atoms with Gasteiger partial charge in [-0.05, 0) is 19.8 Å². The van der Waals surface area contributed by atoms with Gasteiger partial charge in [-0.3, -0.25) is 4.68 Å². The first-order valence-corrected chi connectivity index (χ1v) is 6.64. The highest BCUT2D eigenvalue weighted by Crippen LogP contribution is 2.46. The average molecular weight is 282 g/mol. The van der Waals surface area contributed by atoms with Crippen molar-refractivity contribution in [3.05, 3.63) is 28.1 Å². The Morgan fingerprint density at radius 3 is 2.74 bits per heavy atom. The molecule has 102 valence electrons. The summed E-state index contributed by atoms with van der Waals surface area (Å²) in [6.07, 6.45) is 2.58. The topological polar surface area (TPSA) is 82.8 Å². The molecule has 0 aromatic carbocycles. The number of aryl methyl sites for hydroxylation is 2. The maximum atomic E-state index is 6.19. The number of hydrogen-bond acceptors (Lipinski definition) is 5. The van der Waals surface area contributed by atoms with Gasteiger partial charge in [0.2, 0.25) is 5.89 Å². The third-order valence-electron chi connectivity index (χ3n) is 3.77. The van der Waals surface area contributed by atoms with Gasteiger partial charge in [-0.2, -0.15) is 10.1 Å². The van der Waals surface area contributed by atoms with Crippen LogP contribution < -0.4 is 5.73 Å². The number of halogens is 1. The summed E-state index contributed by atoms with van der Waals surface area (Å²) in [4.78, 5) is 4.45. The molecule has 0 amide bonds. The molecule has 3 rings (SSSR count). The van der Waals surface area contributed by atoms with Crippen molar-refractivity contribution in [3.8, 4) is 0 Å². The van der Waals surface area contributed by atoms with Gasteiger partial charge in [0.1, 0.15) is 5.15 Å². The van der Waals surface area contributed by atoms with Crippen LogP contribution in [0.1, 0.15) is 35.8 Å². The lowest BCUT2D eigenvalue weighted by atomic mass is 10.1. The van der Waals surface area contributed by atoms with Crippen LogP contribution in [0.3, 0.4) is 0 Å². The molecular weight excluding hydrogens is 266 g/mol. The summed E-state index contributed by atoms with van der Waals surface area (Å²) >= 11 is 6.19. The van der Waals surface area contributed by atoms with Crippen LogP contribution >= 0.6 is 11.6 Å². The maximum absolute atomic E-state index is 6.19. The van der Waals surface area contributed by atoms with E-state index in [1.165, 1.54) is 0 Å². The molecule has 2 heterocycles. The van der Waals surface area contributed by atoms with Gasteiger partial charge in [0.15, 0.2) is 5.82 Å². The van der Waals surface area contributed by atoms with Crippen LogP contribution in [0.15, 0.2) is 4.52 Å². The molecule has 0 unspecified atom stereocenters. The molecule has 0 bridgehead atoms. The van der Waals surface area contributed by atoms with Crippen molar-refractivity contribution >= 4 is 11.6 Å². The van der Waals surface area contributed by atoms with Crippen molar-refractivity contribution in [3.63, 3.8) is 0 Å². The number of nitrogens with zero attached hydrogens (tertiary/aromatic N) is 4. The lowest BCUT2D eigenvalue weighted by Crippen LogP contribution is -2.20. The minimum atomic E-state index is -0.0704. The summed E-state index contributed by atoms with van der Waals surface area (Å²) < 4.78 is 6.98. The summed E-state index contributed by atoms with van der Waals surface area (Å²) in [7, 11) is 1.81. The zero-order chi connectivity index (χ0) is 13.6. The first-order chi connectivity index (χ1) is 9.05. The fraction of sp³-hybridized carbons (Fsp3) is 0.583. The molecule has 0 saturated heterocycles. The van der Waals surface area contributed by atoms with E-state index >= 15 is 0 Å². The molecule has 1 aliphatic carbocycles. The summed E-state index contributed by atoms with van der Waals surface area (Å²) in [5, 5.41) is 8.90. The zero-order valence-electron chi connectivity index (χ0n) is 11.0. The molecule has 2 N–H and O–H groups in total. The fourth-order valence-corrected chi connectivity index (χ4v) is 2.47. The minimum Gasteiger partial charge on any atom is -0.339 e. The Morgan fingerprint density at radius 2 is 2.21 bits per heavy atom. The average Bonchev–Trinajstić information content (AvgIpc) is 2.99. The van der Waals surface area contributed by atoms with Gasteiger partial charge in [0.05, 0.1) is 11.1 Å². The van der Waals surface area contributed by atoms with Gasteiger partial charge in [0.25, 0.3) is 0 Å². The Hall–Kier alpha value is -1.40. The summed E-state index contributed by atoms with van der Waals surface area (Å²) in [5.41, 5.74) is 7.51. The molecule has 2 aromatic rings. The van der Waals surface area contributed by atoms with Gasteiger partial charge < -0.3 is 10.3 Å². The van der Waals surface area contributed by atoms with Crippen LogP contribution in [-0.2, 0) is 18.9 Å². The molecule has 7 heteroatoms.